The van der Waals surface area contributed by atoms with Gasteiger partial charge in [-0.2, -0.15) is 0 Å². The molecule has 0 radical (unpaired) electrons. The predicted molar refractivity (Wildman–Crippen MR) is 92.2 cm³/mol. The van der Waals surface area contributed by atoms with Gasteiger partial charge >= 0.3 is 0 Å². The summed E-state index contributed by atoms with van der Waals surface area (Å²) in [5, 5.41) is 3.63. The van der Waals surface area contributed by atoms with E-state index in [4.69, 9.17) is 9.47 Å². The van der Waals surface area contributed by atoms with E-state index in [9.17, 15) is 0 Å². The number of halogens is 1. The van der Waals surface area contributed by atoms with E-state index in [1.165, 1.54) is 5.56 Å². The monoisotopic (exact) mass is 357 g/mol. The van der Waals surface area contributed by atoms with Gasteiger partial charge in [-0.3, -0.25) is 0 Å². The second kappa shape index (κ2) is 10.2. The van der Waals surface area contributed by atoms with Crippen LogP contribution >= 0.6 is 15.9 Å². The highest BCUT2D eigenvalue weighted by atomic mass is 79.9. The SMILES string of the molecule is CCCNC(Cc1cc(OC)ccc1Br)C(CCC)OC. The summed E-state index contributed by atoms with van der Waals surface area (Å²) < 4.78 is 12.2. The van der Waals surface area contributed by atoms with Crippen LogP contribution in [0.2, 0.25) is 0 Å². The summed E-state index contributed by atoms with van der Waals surface area (Å²) in [6, 6.07) is 6.44. The Labute approximate surface area is 137 Å². The van der Waals surface area contributed by atoms with Gasteiger partial charge in [-0.25, -0.2) is 0 Å². The maximum atomic E-state index is 5.71. The molecule has 1 rings (SSSR count). The largest absolute Gasteiger partial charge is 0.497 e. The van der Waals surface area contributed by atoms with Crippen LogP contribution in [0.15, 0.2) is 22.7 Å². The Kier molecular flexibility index (Phi) is 8.97. The minimum absolute atomic E-state index is 0.236. The molecule has 0 amide bonds. The van der Waals surface area contributed by atoms with Crippen molar-refractivity contribution >= 4 is 15.9 Å². The lowest BCUT2D eigenvalue weighted by atomic mass is 9.98. The summed E-state index contributed by atoms with van der Waals surface area (Å²) in [7, 11) is 3.51. The van der Waals surface area contributed by atoms with Crippen molar-refractivity contribution in [2.24, 2.45) is 0 Å². The number of methoxy groups -OCH3 is 2. The highest BCUT2D eigenvalue weighted by molar-refractivity contribution is 9.10. The fourth-order valence-corrected chi connectivity index (χ4v) is 2.91. The minimum atomic E-state index is 0.236. The maximum absolute atomic E-state index is 5.71. The summed E-state index contributed by atoms with van der Waals surface area (Å²) in [6.07, 6.45) is 4.48. The summed E-state index contributed by atoms with van der Waals surface area (Å²) in [5.41, 5.74) is 1.25. The van der Waals surface area contributed by atoms with Crippen molar-refractivity contribution < 1.29 is 9.47 Å². The smallest absolute Gasteiger partial charge is 0.119 e. The van der Waals surface area contributed by atoms with Crippen LogP contribution in [-0.2, 0) is 11.2 Å². The van der Waals surface area contributed by atoms with Crippen LogP contribution in [0.3, 0.4) is 0 Å². The van der Waals surface area contributed by atoms with Crippen LogP contribution in [0.25, 0.3) is 0 Å². The number of nitrogens with one attached hydrogen (secondary N) is 1. The van der Waals surface area contributed by atoms with Crippen LogP contribution in [0.1, 0.15) is 38.7 Å². The molecule has 0 bridgehead atoms. The van der Waals surface area contributed by atoms with Crippen molar-refractivity contribution in [2.45, 2.75) is 51.7 Å². The van der Waals surface area contributed by atoms with Gasteiger partial charge in [0, 0.05) is 17.6 Å². The zero-order valence-corrected chi connectivity index (χ0v) is 15.2. The van der Waals surface area contributed by atoms with Crippen molar-refractivity contribution in [3.05, 3.63) is 28.2 Å². The number of benzene rings is 1. The fraction of sp³-hybridized carbons (Fsp3) is 0.647. The van der Waals surface area contributed by atoms with Crippen molar-refractivity contribution in [3.8, 4) is 5.75 Å². The normalized spacial score (nSPS) is 14.0. The summed E-state index contributed by atoms with van der Waals surface area (Å²) in [6.45, 7) is 5.40. The Morgan fingerprint density at radius 1 is 1.19 bits per heavy atom. The molecule has 0 saturated carbocycles. The lowest BCUT2D eigenvalue weighted by molar-refractivity contribution is 0.0608. The van der Waals surface area contributed by atoms with Gasteiger partial charge in [-0.15, -0.1) is 0 Å². The molecule has 2 unspecified atom stereocenters. The number of rotatable bonds is 10. The zero-order valence-electron chi connectivity index (χ0n) is 13.6. The van der Waals surface area contributed by atoms with E-state index < -0.39 is 0 Å². The third-order valence-corrected chi connectivity index (χ3v) is 4.45. The molecule has 21 heavy (non-hydrogen) atoms. The number of hydrogen-bond acceptors (Lipinski definition) is 3. The van der Waals surface area contributed by atoms with Crippen molar-refractivity contribution in [2.75, 3.05) is 20.8 Å². The van der Waals surface area contributed by atoms with Gasteiger partial charge in [0.25, 0.3) is 0 Å². The molecule has 1 aromatic rings. The first kappa shape index (κ1) is 18.5. The lowest BCUT2D eigenvalue weighted by Crippen LogP contribution is -2.43. The highest BCUT2D eigenvalue weighted by Crippen LogP contribution is 2.25. The molecule has 0 aliphatic heterocycles. The molecule has 1 aromatic carbocycles. The molecular formula is C17H28BrNO2. The maximum Gasteiger partial charge on any atom is 0.119 e. The zero-order chi connectivity index (χ0) is 15.7. The van der Waals surface area contributed by atoms with Gasteiger partial charge in [0.15, 0.2) is 0 Å². The average Bonchev–Trinajstić information content (AvgIpc) is 2.51. The molecule has 0 aliphatic rings. The van der Waals surface area contributed by atoms with E-state index >= 15 is 0 Å². The van der Waals surface area contributed by atoms with Gasteiger partial charge in [0.05, 0.1) is 13.2 Å². The Morgan fingerprint density at radius 2 is 1.95 bits per heavy atom. The molecule has 0 heterocycles. The van der Waals surface area contributed by atoms with E-state index in [-0.39, 0.29) is 6.10 Å². The van der Waals surface area contributed by atoms with E-state index in [2.05, 4.69) is 41.2 Å². The standard InChI is InChI=1S/C17H28BrNO2/c1-5-7-17(21-4)16(19-10-6-2)12-13-11-14(20-3)8-9-15(13)18/h8-9,11,16-17,19H,5-7,10,12H2,1-4H3. The van der Waals surface area contributed by atoms with Crippen LogP contribution in [0.5, 0.6) is 5.75 Å². The first-order valence-corrected chi connectivity index (χ1v) is 8.54. The van der Waals surface area contributed by atoms with Crippen LogP contribution in [-0.4, -0.2) is 32.9 Å². The van der Waals surface area contributed by atoms with Gasteiger partial charge in [0.1, 0.15) is 5.75 Å². The number of ether oxygens (including phenoxy) is 2. The highest BCUT2D eigenvalue weighted by Gasteiger charge is 2.21. The Balaban J connectivity index is 2.88. The van der Waals surface area contributed by atoms with Crippen LogP contribution < -0.4 is 10.1 Å². The van der Waals surface area contributed by atoms with Crippen molar-refractivity contribution in [3.63, 3.8) is 0 Å². The molecule has 0 spiro atoms. The molecule has 1 N–H and O–H groups in total. The summed E-state index contributed by atoms with van der Waals surface area (Å²) >= 11 is 3.64. The predicted octanol–water partition coefficient (Wildman–Crippen LogP) is 4.18. The topological polar surface area (TPSA) is 30.5 Å². The van der Waals surface area contributed by atoms with Gasteiger partial charge in [0.2, 0.25) is 0 Å². The Morgan fingerprint density at radius 3 is 2.52 bits per heavy atom. The third kappa shape index (κ3) is 5.97. The molecule has 0 aliphatic carbocycles. The Bertz CT molecular complexity index is 412. The fourth-order valence-electron chi connectivity index (χ4n) is 2.50. The van der Waals surface area contributed by atoms with Crippen molar-refractivity contribution in [1.29, 1.82) is 0 Å². The van der Waals surface area contributed by atoms with Gasteiger partial charge in [-0.1, -0.05) is 36.2 Å². The second-order valence-electron chi connectivity index (χ2n) is 5.28. The molecular weight excluding hydrogens is 330 g/mol. The minimum Gasteiger partial charge on any atom is -0.497 e. The van der Waals surface area contributed by atoms with E-state index in [0.29, 0.717) is 6.04 Å². The summed E-state index contributed by atoms with van der Waals surface area (Å²) in [4.78, 5) is 0. The number of hydrogen-bond donors (Lipinski definition) is 1. The summed E-state index contributed by atoms with van der Waals surface area (Å²) in [5.74, 6) is 0.895. The molecule has 0 saturated heterocycles. The molecule has 3 nitrogen and oxygen atoms in total. The average molecular weight is 358 g/mol. The second-order valence-corrected chi connectivity index (χ2v) is 6.14. The molecule has 4 heteroatoms. The van der Waals surface area contributed by atoms with Gasteiger partial charge in [-0.05, 0) is 49.6 Å². The van der Waals surface area contributed by atoms with Crippen molar-refractivity contribution in [1.82, 2.24) is 5.32 Å². The van der Waals surface area contributed by atoms with E-state index in [0.717, 1.165) is 42.5 Å². The lowest BCUT2D eigenvalue weighted by Gasteiger charge is -2.27. The first-order valence-electron chi connectivity index (χ1n) is 7.74. The molecule has 0 fully saturated rings. The first-order chi connectivity index (χ1) is 10.2. The molecule has 120 valence electrons. The molecule has 0 aromatic heterocycles. The van der Waals surface area contributed by atoms with Crippen LogP contribution in [0.4, 0.5) is 0 Å². The Hall–Kier alpha value is -0.580. The van der Waals surface area contributed by atoms with Gasteiger partial charge < -0.3 is 14.8 Å². The van der Waals surface area contributed by atoms with E-state index in [1.54, 1.807) is 7.11 Å². The quantitative estimate of drug-likeness (QED) is 0.681. The van der Waals surface area contributed by atoms with E-state index in [1.807, 2.05) is 19.2 Å². The van der Waals surface area contributed by atoms with Crippen LogP contribution in [0, 0.1) is 0 Å². The molecule has 2 atom stereocenters. The third-order valence-electron chi connectivity index (χ3n) is 3.67.